The van der Waals surface area contributed by atoms with Crippen molar-refractivity contribution < 1.29 is 33.7 Å². The second kappa shape index (κ2) is 20.4. The van der Waals surface area contributed by atoms with Crippen molar-refractivity contribution in [2.45, 2.75) is 38.9 Å². The summed E-state index contributed by atoms with van der Waals surface area (Å²) in [5.41, 5.74) is 8.89. The van der Waals surface area contributed by atoms with E-state index in [0.29, 0.717) is 22.6 Å². The van der Waals surface area contributed by atoms with Gasteiger partial charge in [0.15, 0.2) is 0 Å². The summed E-state index contributed by atoms with van der Waals surface area (Å²) in [6.45, 7) is 4.26. The lowest BCUT2D eigenvalue weighted by atomic mass is 10.1. The molecule has 12 heteroatoms. The van der Waals surface area contributed by atoms with E-state index in [1.54, 1.807) is 94.7 Å². The van der Waals surface area contributed by atoms with Crippen LogP contribution < -0.4 is 9.47 Å². The quantitative estimate of drug-likeness (QED) is 0.109. The lowest BCUT2D eigenvalue weighted by Gasteiger charge is -2.15. The highest BCUT2D eigenvalue weighted by atomic mass is 32.1. The molecule has 4 aromatic heterocycles. The van der Waals surface area contributed by atoms with Gasteiger partial charge in [0.05, 0.1) is 17.0 Å². The third-order valence-corrected chi connectivity index (χ3v) is 15.2. The normalized spacial score (nSPS) is 12.1. The van der Waals surface area contributed by atoms with Gasteiger partial charge in [0.25, 0.3) is 0 Å². The Morgan fingerprint density at radius 2 is 1.00 bits per heavy atom. The molecule has 7 aromatic carbocycles. The molecule has 2 atom stereocenters. The number of nitrogens with zero attached hydrogens (tertiary/aromatic N) is 2. The maximum atomic E-state index is 11.8. The Bertz CT molecular complexity index is 3600. The summed E-state index contributed by atoms with van der Waals surface area (Å²) in [6, 6.07) is 55.5. The van der Waals surface area contributed by atoms with Crippen molar-refractivity contribution in [1.82, 2.24) is 9.97 Å². The second-order valence-electron chi connectivity index (χ2n) is 16.3. The minimum Gasteiger partial charge on any atom is -0.478 e. The van der Waals surface area contributed by atoms with Gasteiger partial charge in [-0.15, -0.1) is 34.0 Å². The van der Waals surface area contributed by atoms with Crippen LogP contribution in [-0.4, -0.2) is 32.1 Å². The minimum atomic E-state index is -1.08. The predicted octanol–water partition coefficient (Wildman–Crippen LogP) is 15.6. The first-order chi connectivity index (χ1) is 34.3. The first kappa shape index (κ1) is 45.9. The smallest absolute Gasteiger partial charge is 0.349 e. The highest BCUT2D eigenvalue weighted by Crippen LogP contribution is 2.42. The van der Waals surface area contributed by atoms with Crippen LogP contribution in [0.25, 0.3) is 75.7 Å². The molecule has 346 valence electrons. The summed E-state index contributed by atoms with van der Waals surface area (Å²) in [5, 5.41) is 26.8. The summed E-state index contributed by atoms with van der Waals surface area (Å²) < 4.78 is 19.1. The first-order valence-corrected chi connectivity index (χ1v) is 25.2. The number of furan rings is 1. The molecule has 11 rings (SSSR count). The number of thiazole rings is 2. The van der Waals surface area contributed by atoms with Crippen molar-refractivity contribution in [3.05, 3.63) is 202 Å². The van der Waals surface area contributed by atoms with E-state index in [2.05, 4.69) is 61.7 Å². The van der Waals surface area contributed by atoms with E-state index in [-0.39, 0.29) is 0 Å². The van der Waals surface area contributed by atoms with Crippen LogP contribution in [-0.2, 0) is 22.4 Å². The fourth-order valence-electron chi connectivity index (χ4n) is 8.36. The van der Waals surface area contributed by atoms with Gasteiger partial charge in [-0.1, -0.05) is 123 Å². The standard InChI is InChI=1S/C31H23NO4S.C27H21NO3S2/c1-2-26-27(19-15-17-21(18-16-19)35-28(31(33)34)20-9-4-3-5-10-20)32-30(37-26)24-13-8-12-23-22-11-6-7-14-25(22)36-29(23)24;1-2-22-24(28-26(33-22)21-16-32-23-11-7-6-10-20(21)23)17-12-14-19(15-13-17)31-25(27(29)30)18-8-4-3-5-9-18/h3-18,28H,2H2,1H3,(H,33,34);3-16,25H,2H2,1H3,(H,29,30). The molecule has 0 fully saturated rings. The number of benzene rings is 7. The zero-order valence-electron chi connectivity index (χ0n) is 37.9. The molecular weight excluding hydrogens is 933 g/mol. The third kappa shape index (κ3) is 9.44. The second-order valence-corrected chi connectivity index (χ2v) is 19.3. The molecule has 2 unspecified atom stereocenters. The van der Waals surface area contributed by atoms with Crippen molar-refractivity contribution in [1.29, 1.82) is 0 Å². The van der Waals surface area contributed by atoms with E-state index in [1.807, 2.05) is 72.8 Å². The first-order valence-electron chi connectivity index (χ1n) is 22.7. The van der Waals surface area contributed by atoms with Crippen molar-refractivity contribution >= 4 is 78.0 Å². The molecule has 11 aromatic rings. The molecular formula is C58H44N2O7S3. The summed E-state index contributed by atoms with van der Waals surface area (Å²) in [6.07, 6.45) is -0.395. The van der Waals surface area contributed by atoms with E-state index < -0.39 is 24.1 Å². The number of aryl methyl sites for hydroxylation is 2. The molecule has 0 radical (unpaired) electrons. The number of hydrogen-bond donors (Lipinski definition) is 2. The minimum absolute atomic E-state index is 0.487. The third-order valence-electron chi connectivity index (χ3n) is 11.8. The van der Waals surface area contributed by atoms with Gasteiger partial charge in [0, 0.05) is 63.8 Å². The lowest BCUT2D eigenvalue weighted by molar-refractivity contribution is -0.146. The number of fused-ring (bicyclic) bond motifs is 4. The molecule has 0 saturated carbocycles. The topological polar surface area (TPSA) is 132 Å². The number of carbonyl (C=O) groups is 2. The van der Waals surface area contributed by atoms with Gasteiger partial charge in [-0.3, -0.25) is 0 Å². The van der Waals surface area contributed by atoms with Gasteiger partial charge in [-0.2, -0.15) is 0 Å². The average molecular weight is 977 g/mol. The van der Waals surface area contributed by atoms with E-state index in [4.69, 9.17) is 23.9 Å². The van der Waals surface area contributed by atoms with Gasteiger partial charge in [0.1, 0.15) is 32.7 Å². The van der Waals surface area contributed by atoms with E-state index in [1.165, 1.54) is 25.4 Å². The van der Waals surface area contributed by atoms with Crippen LogP contribution in [0.15, 0.2) is 186 Å². The largest absolute Gasteiger partial charge is 0.478 e. The summed E-state index contributed by atoms with van der Waals surface area (Å²) >= 11 is 5.14. The van der Waals surface area contributed by atoms with E-state index in [9.17, 15) is 19.8 Å². The number of aromatic nitrogens is 2. The number of carboxylic acid groups (broad SMARTS) is 2. The number of rotatable bonds is 14. The Hall–Kier alpha value is -7.90. The van der Waals surface area contributed by atoms with Crippen LogP contribution >= 0.6 is 34.0 Å². The van der Waals surface area contributed by atoms with Crippen LogP contribution in [0.2, 0.25) is 0 Å². The van der Waals surface area contributed by atoms with Crippen LogP contribution in [0, 0.1) is 0 Å². The Kier molecular flexibility index (Phi) is 13.3. The van der Waals surface area contributed by atoms with Crippen molar-refractivity contribution in [2.24, 2.45) is 0 Å². The molecule has 9 nitrogen and oxygen atoms in total. The van der Waals surface area contributed by atoms with Crippen LogP contribution in [0.5, 0.6) is 11.5 Å². The van der Waals surface area contributed by atoms with Crippen molar-refractivity contribution in [2.75, 3.05) is 0 Å². The van der Waals surface area contributed by atoms with Crippen LogP contribution in [0.1, 0.15) is 46.9 Å². The Balaban J connectivity index is 0.000000163. The summed E-state index contributed by atoms with van der Waals surface area (Å²) in [4.78, 5) is 36.0. The average Bonchev–Trinajstić information content (AvgIpc) is 4.22. The van der Waals surface area contributed by atoms with Gasteiger partial charge >= 0.3 is 11.9 Å². The molecule has 4 heterocycles. The monoisotopic (exact) mass is 976 g/mol. The Morgan fingerprint density at radius 1 is 0.529 bits per heavy atom. The highest BCUT2D eigenvalue weighted by molar-refractivity contribution is 7.19. The van der Waals surface area contributed by atoms with Gasteiger partial charge in [0.2, 0.25) is 12.2 Å². The zero-order valence-corrected chi connectivity index (χ0v) is 40.4. The van der Waals surface area contributed by atoms with Crippen LogP contribution in [0.3, 0.4) is 0 Å². The lowest BCUT2D eigenvalue weighted by Crippen LogP contribution is -2.18. The fraction of sp³-hybridized carbons (Fsp3) is 0.103. The molecule has 2 N–H and O–H groups in total. The van der Waals surface area contributed by atoms with Crippen molar-refractivity contribution in [3.8, 4) is 55.2 Å². The van der Waals surface area contributed by atoms with Gasteiger partial charge < -0.3 is 24.1 Å². The van der Waals surface area contributed by atoms with Gasteiger partial charge in [-0.05, 0) is 79.6 Å². The number of hydrogen-bond acceptors (Lipinski definition) is 10. The fourth-order valence-corrected chi connectivity index (χ4v) is 11.5. The van der Waals surface area contributed by atoms with E-state index >= 15 is 0 Å². The van der Waals surface area contributed by atoms with Crippen molar-refractivity contribution in [3.63, 3.8) is 0 Å². The maximum absolute atomic E-state index is 11.8. The number of carboxylic acids is 2. The number of thiophene rings is 1. The molecule has 70 heavy (non-hydrogen) atoms. The summed E-state index contributed by atoms with van der Waals surface area (Å²) in [5.74, 6) is -1.06. The SMILES string of the molecule is CCc1sc(-c2cccc3c2oc2ccccc23)nc1-c1ccc(OC(C(=O)O)c2ccccc2)cc1.CCc1sc(-c2csc3ccccc23)nc1-c1ccc(OC(C(=O)O)c2ccccc2)cc1. The van der Waals surface area contributed by atoms with Gasteiger partial charge in [-0.25, -0.2) is 19.6 Å². The molecule has 0 aliphatic heterocycles. The summed E-state index contributed by atoms with van der Waals surface area (Å²) in [7, 11) is 0. The molecule has 0 amide bonds. The highest BCUT2D eigenvalue weighted by Gasteiger charge is 2.24. The molecule has 0 spiro atoms. The molecule has 0 aliphatic carbocycles. The number of ether oxygens (including phenoxy) is 2. The predicted molar refractivity (Wildman–Crippen MR) is 282 cm³/mol. The van der Waals surface area contributed by atoms with E-state index in [0.717, 1.165) is 72.9 Å². The zero-order chi connectivity index (χ0) is 48.1. The molecule has 0 aliphatic rings. The number of aliphatic carboxylic acids is 2. The maximum Gasteiger partial charge on any atom is 0.349 e. The number of para-hydroxylation sites is 2. The molecule has 0 bridgehead atoms. The Morgan fingerprint density at radius 3 is 1.53 bits per heavy atom. The molecule has 0 saturated heterocycles. The van der Waals surface area contributed by atoms with Crippen LogP contribution in [0.4, 0.5) is 0 Å². The Labute approximate surface area is 415 Å².